The highest BCUT2D eigenvalue weighted by molar-refractivity contribution is 6.31. The second kappa shape index (κ2) is 6.83. The van der Waals surface area contributed by atoms with Gasteiger partial charge in [0.1, 0.15) is 0 Å². The highest BCUT2D eigenvalue weighted by atomic mass is 35.5. The molecule has 0 spiro atoms. The van der Waals surface area contributed by atoms with Crippen LogP contribution in [0.25, 0.3) is 0 Å². The van der Waals surface area contributed by atoms with E-state index < -0.39 is 0 Å². The lowest BCUT2D eigenvalue weighted by molar-refractivity contribution is 0.502. The van der Waals surface area contributed by atoms with Crippen LogP contribution in [-0.2, 0) is 6.42 Å². The Labute approximate surface area is 96.8 Å². The molecule has 3 heteroatoms. The monoisotopic (exact) mass is 226 g/mol. The fraction of sp³-hybridized carbons (Fsp3) is 0.500. The minimum Gasteiger partial charge on any atom is -0.329 e. The SMILES string of the molecule is CCC(Cc1ccccc1Cl)NCCN. The van der Waals surface area contributed by atoms with Crippen LogP contribution in [0.3, 0.4) is 0 Å². The Balaban J connectivity index is 2.54. The first kappa shape index (κ1) is 12.5. The van der Waals surface area contributed by atoms with Gasteiger partial charge in [-0.1, -0.05) is 36.7 Å². The third-order valence-corrected chi connectivity index (χ3v) is 2.86. The van der Waals surface area contributed by atoms with Gasteiger partial charge in [0.05, 0.1) is 0 Å². The summed E-state index contributed by atoms with van der Waals surface area (Å²) >= 11 is 6.11. The smallest absolute Gasteiger partial charge is 0.0438 e. The molecule has 1 rings (SSSR count). The summed E-state index contributed by atoms with van der Waals surface area (Å²) in [5.74, 6) is 0. The Morgan fingerprint density at radius 2 is 2.13 bits per heavy atom. The van der Waals surface area contributed by atoms with Crippen LogP contribution in [0.4, 0.5) is 0 Å². The Kier molecular flexibility index (Phi) is 5.69. The van der Waals surface area contributed by atoms with Crippen LogP contribution in [-0.4, -0.2) is 19.1 Å². The van der Waals surface area contributed by atoms with Gasteiger partial charge in [-0.05, 0) is 24.5 Å². The highest BCUT2D eigenvalue weighted by Crippen LogP contribution is 2.17. The number of hydrogen-bond acceptors (Lipinski definition) is 2. The lowest BCUT2D eigenvalue weighted by Gasteiger charge is -2.17. The number of benzene rings is 1. The standard InChI is InChI=1S/C12H19ClN2/c1-2-11(15-8-7-14)9-10-5-3-4-6-12(10)13/h3-6,11,15H,2,7-9,14H2,1H3. The molecule has 0 fully saturated rings. The summed E-state index contributed by atoms with van der Waals surface area (Å²) < 4.78 is 0. The topological polar surface area (TPSA) is 38.0 Å². The van der Waals surface area contributed by atoms with Crippen molar-refractivity contribution in [3.8, 4) is 0 Å². The molecule has 1 aromatic carbocycles. The molecule has 0 radical (unpaired) electrons. The van der Waals surface area contributed by atoms with E-state index in [-0.39, 0.29) is 0 Å². The zero-order chi connectivity index (χ0) is 11.1. The zero-order valence-electron chi connectivity index (χ0n) is 9.17. The summed E-state index contributed by atoms with van der Waals surface area (Å²) in [7, 11) is 0. The summed E-state index contributed by atoms with van der Waals surface area (Å²) in [5, 5.41) is 4.26. The molecule has 0 heterocycles. The van der Waals surface area contributed by atoms with E-state index in [0.29, 0.717) is 12.6 Å². The third kappa shape index (κ3) is 4.20. The van der Waals surface area contributed by atoms with Crippen LogP contribution in [0.2, 0.25) is 5.02 Å². The van der Waals surface area contributed by atoms with Gasteiger partial charge in [-0.2, -0.15) is 0 Å². The Hall–Kier alpha value is -0.570. The van der Waals surface area contributed by atoms with Gasteiger partial charge in [0.15, 0.2) is 0 Å². The molecule has 0 aliphatic heterocycles. The van der Waals surface area contributed by atoms with E-state index in [2.05, 4.69) is 18.3 Å². The normalized spacial score (nSPS) is 12.7. The maximum absolute atomic E-state index is 6.11. The van der Waals surface area contributed by atoms with Crippen molar-refractivity contribution in [1.82, 2.24) is 5.32 Å². The van der Waals surface area contributed by atoms with Crippen molar-refractivity contribution >= 4 is 11.6 Å². The lowest BCUT2D eigenvalue weighted by Crippen LogP contribution is -2.34. The largest absolute Gasteiger partial charge is 0.329 e. The van der Waals surface area contributed by atoms with Crippen LogP contribution in [0, 0.1) is 0 Å². The summed E-state index contributed by atoms with van der Waals surface area (Å²) in [5.41, 5.74) is 6.67. The average Bonchev–Trinajstić information content (AvgIpc) is 2.26. The van der Waals surface area contributed by atoms with Crippen molar-refractivity contribution in [2.75, 3.05) is 13.1 Å². The van der Waals surface area contributed by atoms with Gasteiger partial charge in [0.2, 0.25) is 0 Å². The van der Waals surface area contributed by atoms with Crippen LogP contribution in [0.15, 0.2) is 24.3 Å². The Morgan fingerprint density at radius 1 is 1.40 bits per heavy atom. The second-order valence-electron chi connectivity index (χ2n) is 3.64. The van der Waals surface area contributed by atoms with Crippen molar-refractivity contribution in [1.29, 1.82) is 0 Å². The molecule has 0 bridgehead atoms. The van der Waals surface area contributed by atoms with Crippen molar-refractivity contribution in [2.45, 2.75) is 25.8 Å². The molecular weight excluding hydrogens is 208 g/mol. The summed E-state index contributed by atoms with van der Waals surface area (Å²) in [6.45, 7) is 3.72. The van der Waals surface area contributed by atoms with Gasteiger partial charge >= 0.3 is 0 Å². The summed E-state index contributed by atoms with van der Waals surface area (Å²) in [6.07, 6.45) is 2.06. The van der Waals surface area contributed by atoms with E-state index in [1.165, 1.54) is 5.56 Å². The van der Waals surface area contributed by atoms with Crippen LogP contribution >= 0.6 is 11.6 Å². The van der Waals surface area contributed by atoms with E-state index in [1.807, 2.05) is 18.2 Å². The van der Waals surface area contributed by atoms with Gasteiger partial charge in [0.25, 0.3) is 0 Å². The lowest BCUT2D eigenvalue weighted by atomic mass is 10.0. The highest BCUT2D eigenvalue weighted by Gasteiger charge is 2.08. The number of nitrogens with one attached hydrogen (secondary N) is 1. The minimum atomic E-state index is 0.466. The molecule has 1 aromatic rings. The molecule has 1 unspecified atom stereocenters. The number of nitrogens with two attached hydrogens (primary N) is 1. The molecule has 3 N–H and O–H groups in total. The van der Waals surface area contributed by atoms with E-state index in [1.54, 1.807) is 0 Å². The first-order valence-electron chi connectivity index (χ1n) is 5.44. The van der Waals surface area contributed by atoms with Crippen LogP contribution in [0.1, 0.15) is 18.9 Å². The predicted molar refractivity (Wildman–Crippen MR) is 66.3 cm³/mol. The van der Waals surface area contributed by atoms with Gasteiger partial charge in [-0.3, -0.25) is 0 Å². The molecule has 15 heavy (non-hydrogen) atoms. The minimum absolute atomic E-state index is 0.466. The summed E-state index contributed by atoms with van der Waals surface area (Å²) in [6, 6.07) is 8.46. The second-order valence-corrected chi connectivity index (χ2v) is 4.05. The Bertz CT molecular complexity index is 289. The molecule has 0 aliphatic carbocycles. The fourth-order valence-corrected chi connectivity index (χ4v) is 1.79. The van der Waals surface area contributed by atoms with E-state index >= 15 is 0 Å². The van der Waals surface area contributed by atoms with Crippen molar-refractivity contribution in [2.24, 2.45) is 5.73 Å². The third-order valence-electron chi connectivity index (χ3n) is 2.49. The number of halogens is 1. The zero-order valence-corrected chi connectivity index (χ0v) is 9.93. The molecule has 0 amide bonds. The number of rotatable bonds is 6. The quantitative estimate of drug-likeness (QED) is 0.781. The van der Waals surface area contributed by atoms with E-state index in [9.17, 15) is 0 Å². The molecule has 2 nitrogen and oxygen atoms in total. The molecule has 84 valence electrons. The van der Waals surface area contributed by atoms with Crippen molar-refractivity contribution < 1.29 is 0 Å². The molecule has 1 atom stereocenters. The van der Waals surface area contributed by atoms with Crippen LogP contribution in [0.5, 0.6) is 0 Å². The van der Waals surface area contributed by atoms with Crippen molar-refractivity contribution in [3.63, 3.8) is 0 Å². The van der Waals surface area contributed by atoms with Gasteiger partial charge < -0.3 is 11.1 Å². The summed E-state index contributed by atoms with van der Waals surface area (Å²) in [4.78, 5) is 0. The first-order valence-corrected chi connectivity index (χ1v) is 5.82. The van der Waals surface area contributed by atoms with Gasteiger partial charge in [-0.25, -0.2) is 0 Å². The molecule has 0 aromatic heterocycles. The molecule has 0 saturated carbocycles. The van der Waals surface area contributed by atoms with Gasteiger partial charge in [0, 0.05) is 24.2 Å². The Morgan fingerprint density at radius 3 is 2.73 bits per heavy atom. The predicted octanol–water partition coefficient (Wildman–Crippen LogP) is 2.21. The number of hydrogen-bond donors (Lipinski definition) is 2. The van der Waals surface area contributed by atoms with E-state index in [4.69, 9.17) is 17.3 Å². The van der Waals surface area contributed by atoms with Crippen LogP contribution < -0.4 is 11.1 Å². The fourth-order valence-electron chi connectivity index (χ4n) is 1.58. The maximum atomic E-state index is 6.11. The van der Waals surface area contributed by atoms with E-state index in [0.717, 1.165) is 24.4 Å². The average molecular weight is 227 g/mol. The van der Waals surface area contributed by atoms with Gasteiger partial charge in [-0.15, -0.1) is 0 Å². The maximum Gasteiger partial charge on any atom is 0.0438 e. The molecular formula is C12H19ClN2. The van der Waals surface area contributed by atoms with Crippen molar-refractivity contribution in [3.05, 3.63) is 34.9 Å². The molecule has 0 aliphatic rings. The molecule has 0 saturated heterocycles. The first-order chi connectivity index (χ1) is 7.27.